The largest absolute Gasteiger partial charge is 0.347 e. The van der Waals surface area contributed by atoms with Gasteiger partial charge in [0.25, 0.3) is 0 Å². The van der Waals surface area contributed by atoms with Gasteiger partial charge in [-0.2, -0.15) is 0 Å². The van der Waals surface area contributed by atoms with E-state index in [1.54, 1.807) is 0 Å². The summed E-state index contributed by atoms with van der Waals surface area (Å²) in [5.74, 6) is -0.199. The predicted octanol–water partition coefficient (Wildman–Crippen LogP) is 2.86. The topological polar surface area (TPSA) is 18.5 Å². The zero-order valence-corrected chi connectivity index (χ0v) is 8.71. The van der Waals surface area contributed by atoms with Crippen molar-refractivity contribution in [2.24, 2.45) is 0 Å². The predicted molar refractivity (Wildman–Crippen MR) is 51.5 cm³/mol. The number of hydrogen-bond donors (Lipinski definition) is 0. The van der Waals surface area contributed by atoms with Crippen LogP contribution < -0.4 is 0 Å². The van der Waals surface area contributed by atoms with Crippen molar-refractivity contribution in [2.75, 3.05) is 0 Å². The minimum atomic E-state index is -0.199. The van der Waals surface area contributed by atoms with Crippen LogP contribution in [-0.2, 0) is 9.47 Å². The molecule has 0 radical (unpaired) electrons. The van der Waals surface area contributed by atoms with Gasteiger partial charge in [0, 0.05) is 12.8 Å². The van der Waals surface area contributed by atoms with Gasteiger partial charge < -0.3 is 9.47 Å². The van der Waals surface area contributed by atoms with Crippen LogP contribution in [0.15, 0.2) is 0 Å². The van der Waals surface area contributed by atoms with Gasteiger partial charge in [-0.25, -0.2) is 0 Å². The molecule has 76 valence electrons. The highest BCUT2D eigenvalue weighted by Crippen LogP contribution is 2.39. The molecule has 3 unspecified atom stereocenters. The van der Waals surface area contributed by atoms with Crippen LogP contribution in [0.25, 0.3) is 0 Å². The van der Waals surface area contributed by atoms with Crippen LogP contribution in [0.1, 0.15) is 52.4 Å². The minimum absolute atomic E-state index is 0.199. The quantitative estimate of drug-likeness (QED) is 0.576. The van der Waals surface area contributed by atoms with Gasteiger partial charge in [0.15, 0.2) is 5.79 Å². The van der Waals surface area contributed by atoms with Crippen LogP contribution in [0.2, 0.25) is 0 Å². The molecule has 2 heterocycles. The zero-order valence-electron chi connectivity index (χ0n) is 8.71. The van der Waals surface area contributed by atoms with E-state index in [4.69, 9.17) is 9.47 Å². The van der Waals surface area contributed by atoms with Crippen LogP contribution in [0.5, 0.6) is 0 Å². The average Bonchev–Trinajstić information content (AvgIpc) is 2.30. The maximum atomic E-state index is 6.01. The summed E-state index contributed by atoms with van der Waals surface area (Å²) >= 11 is 0. The lowest BCUT2D eigenvalue weighted by Crippen LogP contribution is -2.34. The summed E-state index contributed by atoms with van der Waals surface area (Å²) in [6.45, 7) is 4.31. The molecule has 1 spiro atoms. The monoisotopic (exact) mass is 184 g/mol. The molecule has 2 aliphatic rings. The first-order chi connectivity index (χ1) is 6.20. The Morgan fingerprint density at radius 1 is 0.923 bits per heavy atom. The Hall–Kier alpha value is -0.0800. The number of ether oxygens (including phenoxy) is 2. The molecule has 2 nitrogen and oxygen atoms in total. The van der Waals surface area contributed by atoms with Crippen molar-refractivity contribution < 1.29 is 9.47 Å². The van der Waals surface area contributed by atoms with E-state index in [2.05, 4.69) is 13.8 Å². The molecule has 0 aromatic heterocycles. The van der Waals surface area contributed by atoms with Crippen molar-refractivity contribution in [3.8, 4) is 0 Å². The fourth-order valence-electron chi connectivity index (χ4n) is 2.49. The third kappa shape index (κ3) is 2.05. The molecule has 2 heteroatoms. The average molecular weight is 184 g/mol. The Morgan fingerprint density at radius 3 is 2.31 bits per heavy atom. The third-order valence-electron chi connectivity index (χ3n) is 3.18. The minimum Gasteiger partial charge on any atom is -0.347 e. The Bertz CT molecular complexity index is 181. The lowest BCUT2D eigenvalue weighted by Gasteiger charge is -2.30. The van der Waals surface area contributed by atoms with Gasteiger partial charge in [0.1, 0.15) is 0 Å². The fraction of sp³-hybridized carbons (Fsp3) is 1.00. The van der Waals surface area contributed by atoms with Crippen LogP contribution >= 0.6 is 0 Å². The summed E-state index contributed by atoms with van der Waals surface area (Å²) in [5.41, 5.74) is 0. The highest BCUT2D eigenvalue weighted by Gasteiger charge is 2.41. The molecule has 0 saturated carbocycles. The van der Waals surface area contributed by atoms with Gasteiger partial charge in [-0.15, -0.1) is 0 Å². The SMILES string of the molecule is CC1CCCCC2(CCC(C)O2)O1. The molecule has 0 bridgehead atoms. The molecular formula is C11H20O2. The van der Waals surface area contributed by atoms with Crippen molar-refractivity contribution in [2.45, 2.75) is 70.4 Å². The Labute approximate surface area is 80.6 Å². The first-order valence-electron chi connectivity index (χ1n) is 5.56. The van der Waals surface area contributed by atoms with E-state index in [-0.39, 0.29) is 5.79 Å². The Morgan fingerprint density at radius 2 is 1.62 bits per heavy atom. The molecule has 2 aliphatic heterocycles. The summed E-state index contributed by atoms with van der Waals surface area (Å²) in [6, 6.07) is 0. The van der Waals surface area contributed by atoms with Crippen LogP contribution in [0.3, 0.4) is 0 Å². The summed E-state index contributed by atoms with van der Waals surface area (Å²) in [6.07, 6.45) is 7.88. The van der Waals surface area contributed by atoms with Crippen molar-refractivity contribution >= 4 is 0 Å². The van der Waals surface area contributed by atoms with E-state index >= 15 is 0 Å². The van der Waals surface area contributed by atoms with Crippen LogP contribution in [0.4, 0.5) is 0 Å². The molecular weight excluding hydrogens is 164 g/mol. The Kier molecular flexibility index (Phi) is 2.61. The maximum absolute atomic E-state index is 6.01. The van der Waals surface area contributed by atoms with E-state index in [0.717, 1.165) is 19.3 Å². The molecule has 0 aliphatic carbocycles. The van der Waals surface area contributed by atoms with Crippen molar-refractivity contribution in [3.63, 3.8) is 0 Å². The molecule has 13 heavy (non-hydrogen) atoms. The van der Waals surface area contributed by atoms with Gasteiger partial charge in [0.2, 0.25) is 0 Å². The van der Waals surface area contributed by atoms with E-state index < -0.39 is 0 Å². The molecule has 0 N–H and O–H groups in total. The second kappa shape index (κ2) is 3.58. The van der Waals surface area contributed by atoms with Crippen LogP contribution in [-0.4, -0.2) is 18.0 Å². The lowest BCUT2D eigenvalue weighted by molar-refractivity contribution is -0.242. The molecule has 0 aromatic rings. The van der Waals surface area contributed by atoms with Gasteiger partial charge in [-0.1, -0.05) is 6.42 Å². The molecule has 2 fully saturated rings. The smallest absolute Gasteiger partial charge is 0.169 e. The van der Waals surface area contributed by atoms with E-state index in [1.807, 2.05) is 0 Å². The summed E-state index contributed by atoms with van der Waals surface area (Å²) in [4.78, 5) is 0. The molecule has 3 atom stereocenters. The second-order valence-electron chi connectivity index (χ2n) is 4.55. The highest BCUT2D eigenvalue weighted by molar-refractivity contribution is 4.82. The second-order valence-corrected chi connectivity index (χ2v) is 4.55. The first-order valence-corrected chi connectivity index (χ1v) is 5.56. The summed E-state index contributed by atoms with van der Waals surface area (Å²) in [7, 11) is 0. The van der Waals surface area contributed by atoms with Gasteiger partial charge in [-0.3, -0.25) is 0 Å². The number of hydrogen-bond acceptors (Lipinski definition) is 2. The van der Waals surface area contributed by atoms with Gasteiger partial charge in [0.05, 0.1) is 12.2 Å². The van der Waals surface area contributed by atoms with E-state index in [9.17, 15) is 0 Å². The zero-order chi connectivity index (χ0) is 9.31. The summed E-state index contributed by atoms with van der Waals surface area (Å²) < 4.78 is 11.9. The van der Waals surface area contributed by atoms with Gasteiger partial charge >= 0.3 is 0 Å². The van der Waals surface area contributed by atoms with Crippen LogP contribution in [0, 0.1) is 0 Å². The van der Waals surface area contributed by atoms with Crippen molar-refractivity contribution in [3.05, 3.63) is 0 Å². The molecule has 0 amide bonds. The van der Waals surface area contributed by atoms with Crippen molar-refractivity contribution in [1.82, 2.24) is 0 Å². The Balaban J connectivity index is 2.03. The van der Waals surface area contributed by atoms with Crippen molar-refractivity contribution in [1.29, 1.82) is 0 Å². The van der Waals surface area contributed by atoms with E-state index in [0.29, 0.717) is 12.2 Å². The highest BCUT2D eigenvalue weighted by atomic mass is 16.7. The van der Waals surface area contributed by atoms with Gasteiger partial charge in [-0.05, 0) is 33.1 Å². The number of rotatable bonds is 0. The normalized spacial score (nSPS) is 46.6. The summed E-state index contributed by atoms with van der Waals surface area (Å²) in [5, 5.41) is 0. The lowest BCUT2D eigenvalue weighted by atomic mass is 10.1. The van der Waals surface area contributed by atoms with E-state index in [1.165, 1.54) is 19.3 Å². The first kappa shape index (κ1) is 9.47. The molecule has 2 saturated heterocycles. The molecule has 2 rings (SSSR count). The fourth-order valence-corrected chi connectivity index (χ4v) is 2.49. The third-order valence-corrected chi connectivity index (χ3v) is 3.18. The standard InChI is InChI=1S/C11H20O2/c1-9-5-3-4-7-11(12-9)8-6-10(2)13-11/h9-10H,3-8H2,1-2H3. The molecule has 0 aromatic carbocycles. The maximum Gasteiger partial charge on any atom is 0.169 e.